The van der Waals surface area contributed by atoms with Crippen LogP contribution in [0.2, 0.25) is 0 Å². The molecule has 2 aromatic heterocycles. The molecule has 0 aliphatic rings. The third kappa shape index (κ3) is 5.44. The number of hydrogen-bond donors (Lipinski definition) is 0. The molecule has 0 aliphatic heterocycles. The van der Waals surface area contributed by atoms with Gasteiger partial charge in [0.25, 0.3) is 0 Å². The molecule has 0 unspecified atom stereocenters. The van der Waals surface area contributed by atoms with Gasteiger partial charge < -0.3 is 0 Å². The number of aromatic nitrogens is 4. The van der Waals surface area contributed by atoms with Crippen LogP contribution in [0, 0.1) is 0 Å². The first kappa shape index (κ1) is 23.1. The fourth-order valence-electron chi connectivity index (χ4n) is 3.98. The van der Waals surface area contributed by atoms with Crippen LogP contribution in [0.4, 0.5) is 0 Å². The Bertz CT molecular complexity index is 1380. The van der Waals surface area contributed by atoms with Gasteiger partial charge in [0.2, 0.25) is 0 Å². The first-order valence-electron chi connectivity index (χ1n) is 11.9. The molecule has 0 spiro atoms. The summed E-state index contributed by atoms with van der Waals surface area (Å²) in [5.74, 6) is 0. The van der Waals surface area contributed by atoms with E-state index in [-0.39, 0.29) is 0 Å². The quantitative estimate of drug-likeness (QED) is 0.222. The van der Waals surface area contributed by atoms with Crippen molar-refractivity contribution in [2.75, 3.05) is 0 Å². The SMILES string of the molecule is c1ccc(-c2cc(-c3ccccc3)n[c]([Ir+][c]3nc(-c4ccccc4)cc(-c4ccccc4)n3)n2)cc1. The summed E-state index contributed by atoms with van der Waals surface area (Å²) in [6, 6.07) is 45.2. The standard InChI is InChI=1S/2C16H11N2.Ir/c2*1-3-7-13(8-4-1)15-11-16(18-12-17-15)14-9-5-2-6-10-14;/h2*1-11H;/q;;+1. The molecule has 178 valence electrons. The second kappa shape index (κ2) is 10.8. The van der Waals surface area contributed by atoms with Crippen molar-refractivity contribution in [2.24, 2.45) is 0 Å². The molecule has 0 saturated carbocycles. The van der Waals surface area contributed by atoms with Crippen LogP contribution in [-0.2, 0) is 17.7 Å². The molecular weight excluding hydrogens is 633 g/mol. The minimum atomic E-state index is -1.02. The van der Waals surface area contributed by atoms with Gasteiger partial charge >= 0.3 is 225 Å². The van der Waals surface area contributed by atoms with Crippen LogP contribution in [0.1, 0.15) is 0 Å². The maximum absolute atomic E-state index is 4.99. The van der Waals surface area contributed by atoms with E-state index in [2.05, 4.69) is 60.7 Å². The van der Waals surface area contributed by atoms with Gasteiger partial charge in [-0.25, -0.2) is 0 Å². The molecule has 5 heteroatoms. The average molecular weight is 655 g/mol. The predicted molar refractivity (Wildman–Crippen MR) is 145 cm³/mol. The summed E-state index contributed by atoms with van der Waals surface area (Å²) in [5.41, 5.74) is 7.92. The van der Waals surface area contributed by atoms with Crippen LogP contribution in [0.3, 0.4) is 0 Å². The van der Waals surface area contributed by atoms with Crippen molar-refractivity contribution < 1.29 is 17.7 Å². The number of benzene rings is 4. The summed E-state index contributed by atoms with van der Waals surface area (Å²) >= 11 is -1.02. The van der Waals surface area contributed by atoms with Crippen LogP contribution in [-0.4, -0.2) is 19.9 Å². The first-order valence-corrected chi connectivity index (χ1v) is 14.3. The van der Waals surface area contributed by atoms with Crippen LogP contribution in [0.15, 0.2) is 133 Å². The van der Waals surface area contributed by atoms with Crippen molar-refractivity contribution in [3.63, 3.8) is 0 Å². The molecule has 4 aromatic carbocycles. The van der Waals surface area contributed by atoms with Gasteiger partial charge in [0.15, 0.2) is 0 Å². The summed E-state index contributed by atoms with van der Waals surface area (Å²) in [7, 11) is 0. The fourth-order valence-corrected chi connectivity index (χ4v) is 6.15. The van der Waals surface area contributed by atoms with Crippen molar-refractivity contribution in [1.29, 1.82) is 0 Å². The van der Waals surface area contributed by atoms with Crippen molar-refractivity contribution in [3.8, 4) is 45.0 Å². The summed E-state index contributed by atoms with van der Waals surface area (Å²) in [6.07, 6.45) is 0. The molecule has 0 aliphatic carbocycles. The zero-order chi connectivity index (χ0) is 24.9. The Morgan fingerprint density at radius 3 is 0.811 bits per heavy atom. The summed E-state index contributed by atoms with van der Waals surface area (Å²) < 4.78 is 1.62. The van der Waals surface area contributed by atoms with Crippen LogP contribution in [0.25, 0.3) is 45.0 Å². The average Bonchev–Trinajstić information content (AvgIpc) is 2.99. The van der Waals surface area contributed by atoms with Crippen LogP contribution >= 0.6 is 0 Å². The Balaban J connectivity index is 1.46. The molecule has 6 rings (SSSR count). The fraction of sp³-hybridized carbons (Fsp3) is 0. The third-order valence-electron chi connectivity index (χ3n) is 5.81. The Kier molecular flexibility index (Phi) is 6.71. The van der Waals surface area contributed by atoms with Gasteiger partial charge in [-0.3, -0.25) is 0 Å². The van der Waals surface area contributed by atoms with Gasteiger partial charge in [0, 0.05) is 0 Å². The van der Waals surface area contributed by atoms with E-state index in [0.717, 1.165) is 53.7 Å². The van der Waals surface area contributed by atoms with Crippen molar-refractivity contribution in [2.45, 2.75) is 0 Å². The molecule has 0 atom stereocenters. The van der Waals surface area contributed by atoms with Gasteiger partial charge in [-0.15, -0.1) is 0 Å². The summed E-state index contributed by atoms with van der Waals surface area (Å²) in [4.78, 5) is 20.0. The molecule has 37 heavy (non-hydrogen) atoms. The normalized spacial score (nSPS) is 10.9. The zero-order valence-corrected chi connectivity index (χ0v) is 22.2. The summed E-state index contributed by atoms with van der Waals surface area (Å²) in [5, 5.41) is 0. The molecule has 4 nitrogen and oxygen atoms in total. The van der Waals surface area contributed by atoms with E-state index < -0.39 is 17.7 Å². The van der Waals surface area contributed by atoms with E-state index >= 15 is 0 Å². The number of hydrogen-bond acceptors (Lipinski definition) is 4. The predicted octanol–water partition coefficient (Wildman–Crippen LogP) is 5.97. The molecule has 6 aromatic rings. The van der Waals surface area contributed by atoms with Gasteiger partial charge in [-0.1, -0.05) is 0 Å². The van der Waals surface area contributed by atoms with E-state index in [1.54, 1.807) is 0 Å². The van der Waals surface area contributed by atoms with E-state index in [9.17, 15) is 0 Å². The number of nitrogens with zero attached hydrogens (tertiary/aromatic N) is 4. The Morgan fingerprint density at radius 1 is 0.324 bits per heavy atom. The second-order valence-electron chi connectivity index (χ2n) is 8.32. The molecular formula is C32H22IrN4+. The number of rotatable bonds is 6. The second-order valence-corrected chi connectivity index (χ2v) is 11.1. The molecule has 2 heterocycles. The van der Waals surface area contributed by atoms with Crippen LogP contribution < -0.4 is 8.68 Å². The molecule has 0 fully saturated rings. The topological polar surface area (TPSA) is 51.6 Å². The zero-order valence-electron chi connectivity index (χ0n) is 19.8. The van der Waals surface area contributed by atoms with Gasteiger partial charge in [-0.05, 0) is 0 Å². The maximum atomic E-state index is 4.99. The Labute approximate surface area is 224 Å². The van der Waals surface area contributed by atoms with Crippen molar-refractivity contribution in [3.05, 3.63) is 133 Å². The first-order chi connectivity index (χ1) is 18.3. The van der Waals surface area contributed by atoms with Crippen LogP contribution in [0.5, 0.6) is 0 Å². The molecule has 0 radical (unpaired) electrons. The van der Waals surface area contributed by atoms with Crippen molar-refractivity contribution >= 4 is 8.68 Å². The van der Waals surface area contributed by atoms with Gasteiger partial charge in [-0.2, -0.15) is 0 Å². The van der Waals surface area contributed by atoms with Gasteiger partial charge in [0.05, 0.1) is 0 Å². The molecule has 0 amide bonds. The minimum absolute atomic E-state index is 0.810. The van der Waals surface area contributed by atoms with Gasteiger partial charge in [0.1, 0.15) is 0 Å². The van der Waals surface area contributed by atoms with E-state index in [1.165, 1.54) is 0 Å². The molecule has 0 N–H and O–H groups in total. The summed E-state index contributed by atoms with van der Waals surface area (Å²) in [6.45, 7) is 0. The van der Waals surface area contributed by atoms with E-state index in [0.29, 0.717) is 0 Å². The molecule has 0 bridgehead atoms. The third-order valence-corrected chi connectivity index (χ3v) is 7.95. The van der Waals surface area contributed by atoms with E-state index in [1.807, 2.05) is 72.8 Å². The Morgan fingerprint density at radius 2 is 0.568 bits per heavy atom. The van der Waals surface area contributed by atoms with Crippen molar-refractivity contribution in [1.82, 2.24) is 19.9 Å². The van der Waals surface area contributed by atoms with E-state index in [4.69, 9.17) is 19.9 Å². The molecule has 0 saturated heterocycles. The monoisotopic (exact) mass is 655 g/mol. The Hall–Kier alpha value is -4.31.